The van der Waals surface area contributed by atoms with Crippen LogP contribution in [0.2, 0.25) is 0 Å². The van der Waals surface area contributed by atoms with Crippen molar-refractivity contribution in [3.05, 3.63) is 7.05 Å². The van der Waals surface area contributed by atoms with Crippen molar-refractivity contribution in [1.82, 2.24) is 0 Å². The van der Waals surface area contributed by atoms with Crippen LogP contribution in [0.1, 0.15) is 13.8 Å². The molecule has 50 valence electrons. The maximum Gasteiger partial charge on any atom is 0.109 e. The Morgan fingerprint density at radius 2 is 2.12 bits per heavy atom. The Morgan fingerprint density at radius 3 is 2.25 bits per heavy atom. The lowest BCUT2D eigenvalue weighted by molar-refractivity contribution is -0.609. The molecule has 0 saturated carbocycles. The Morgan fingerprint density at radius 1 is 1.62 bits per heavy atom. The molecule has 0 amide bonds. The minimum Gasteiger partial charge on any atom is -0.476 e. The van der Waals surface area contributed by atoms with E-state index in [4.69, 9.17) is 4.74 Å². The Kier molecular flexibility index (Phi) is 3.02. The lowest BCUT2D eigenvalue weighted by Crippen LogP contribution is -2.81. The van der Waals surface area contributed by atoms with E-state index >= 15 is 0 Å². The second-order valence-corrected chi connectivity index (χ2v) is 2.46. The van der Waals surface area contributed by atoms with E-state index in [0.717, 1.165) is 6.54 Å². The van der Waals surface area contributed by atoms with Gasteiger partial charge in [-0.05, 0) is 13.8 Å². The fraction of sp³-hybridized carbons (Fsp3) is 0.833. The molecule has 2 heteroatoms. The zero-order chi connectivity index (χ0) is 6.62. The summed E-state index contributed by atoms with van der Waals surface area (Å²) >= 11 is 0. The third-order valence-electron chi connectivity index (χ3n) is 1.19. The maximum atomic E-state index is 5.11. The molecule has 0 aliphatic heterocycles. The third kappa shape index (κ3) is 2.99. The summed E-state index contributed by atoms with van der Waals surface area (Å²) in [5.41, 5.74) is -0.0260. The van der Waals surface area contributed by atoms with E-state index in [2.05, 4.69) is 7.05 Å². The van der Waals surface area contributed by atoms with Gasteiger partial charge in [-0.3, -0.25) is 0 Å². The molecule has 0 rings (SSSR count). The summed E-state index contributed by atoms with van der Waals surface area (Å²) in [4.78, 5) is 0. The van der Waals surface area contributed by atoms with Crippen LogP contribution < -0.4 is 5.32 Å². The lowest BCUT2D eigenvalue weighted by Gasteiger charge is -2.20. The van der Waals surface area contributed by atoms with Crippen LogP contribution in [-0.4, -0.2) is 19.3 Å². The normalized spacial score (nSPS) is 12.0. The number of ether oxygens (including phenoxy) is 1. The van der Waals surface area contributed by atoms with Crippen LogP contribution in [0.25, 0.3) is 0 Å². The third-order valence-corrected chi connectivity index (χ3v) is 1.19. The van der Waals surface area contributed by atoms with E-state index in [1.807, 2.05) is 19.2 Å². The van der Waals surface area contributed by atoms with Crippen molar-refractivity contribution < 1.29 is 10.1 Å². The Bertz CT molecular complexity index is 61.5. The van der Waals surface area contributed by atoms with Crippen LogP contribution in [0.15, 0.2) is 0 Å². The Balaban J connectivity index is 3.37. The number of methoxy groups -OCH3 is 1. The Hall–Kier alpha value is -0.0800. The fourth-order valence-electron chi connectivity index (χ4n) is 0.431. The Labute approximate surface area is 51.2 Å². The van der Waals surface area contributed by atoms with Gasteiger partial charge < -0.3 is 10.1 Å². The smallest absolute Gasteiger partial charge is 0.109 e. The van der Waals surface area contributed by atoms with Gasteiger partial charge in [0.15, 0.2) is 0 Å². The molecule has 0 radical (unpaired) electrons. The molecule has 0 atom stereocenters. The molecular formula is C6H15NO. The number of quaternary nitrogens is 1. The average molecular weight is 117 g/mol. The van der Waals surface area contributed by atoms with Crippen molar-refractivity contribution in [2.24, 2.45) is 0 Å². The summed E-state index contributed by atoms with van der Waals surface area (Å²) in [5, 5.41) is 1.86. The van der Waals surface area contributed by atoms with Crippen LogP contribution in [0.5, 0.6) is 0 Å². The first-order valence-corrected chi connectivity index (χ1v) is 2.78. The van der Waals surface area contributed by atoms with E-state index in [1.54, 1.807) is 7.11 Å². The van der Waals surface area contributed by atoms with E-state index in [1.165, 1.54) is 0 Å². The molecule has 0 aromatic rings. The summed E-state index contributed by atoms with van der Waals surface area (Å²) in [7, 11) is 5.33. The number of hydrogen-bond acceptors (Lipinski definition) is 1. The maximum absolute atomic E-state index is 5.11. The molecule has 0 bridgehead atoms. The van der Waals surface area contributed by atoms with Crippen LogP contribution in [-0.2, 0) is 4.74 Å². The quantitative estimate of drug-likeness (QED) is 0.507. The SMILES string of the molecule is [CH2-][NH2+]CC(C)(C)OC. The van der Waals surface area contributed by atoms with E-state index in [0.29, 0.717) is 0 Å². The molecule has 8 heavy (non-hydrogen) atoms. The summed E-state index contributed by atoms with van der Waals surface area (Å²) in [6.45, 7) is 4.98. The molecule has 0 unspecified atom stereocenters. The fourth-order valence-corrected chi connectivity index (χ4v) is 0.431. The minimum atomic E-state index is -0.0260. The monoisotopic (exact) mass is 117 g/mol. The highest BCUT2D eigenvalue weighted by Crippen LogP contribution is 2.01. The highest BCUT2D eigenvalue weighted by atomic mass is 16.5. The molecule has 0 aromatic heterocycles. The van der Waals surface area contributed by atoms with Crippen LogP contribution >= 0.6 is 0 Å². The molecule has 0 fully saturated rings. The number of nitrogens with two attached hydrogens (primary N) is 1. The predicted octanol–water partition coefficient (Wildman–Crippen LogP) is -0.234. The standard InChI is InChI=1S/C6H15NO/c1-6(2,8-4)5-7-3/h3,5,7H2,1-2,4H3. The molecule has 2 N–H and O–H groups in total. The van der Waals surface area contributed by atoms with Crippen molar-refractivity contribution in [2.45, 2.75) is 19.4 Å². The lowest BCUT2D eigenvalue weighted by atomic mass is 10.1. The predicted molar refractivity (Wildman–Crippen MR) is 33.2 cm³/mol. The minimum absolute atomic E-state index is 0.0260. The molecule has 0 aliphatic carbocycles. The van der Waals surface area contributed by atoms with Crippen molar-refractivity contribution in [2.75, 3.05) is 13.7 Å². The molecule has 0 spiro atoms. The zero-order valence-electron chi connectivity index (χ0n) is 5.90. The summed E-state index contributed by atoms with van der Waals surface area (Å²) in [5.74, 6) is 0. The van der Waals surface area contributed by atoms with Gasteiger partial charge in [-0.1, -0.05) is 0 Å². The van der Waals surface area contributed by atoms with Gasteiger partial charge in [-0.25, -0.2) is 0 Å². The van der Waals surface area contributed by atoms with Crippen LogP contribution in [0, 0.1) is 7.05 Å². The van der Waals surface area contributed by atoms with Gasteiger partial charge in [0.2, 0.25) is 0 Å². The van der Waals surface area contributed by atoms with E-state index in [9.17, 15) is 0 Å². The first kappa shape index (κ1) is 7.92. The van der Waals surface area contributed by atoms with Gasteiger partial charge in [0.05, 0.1) is 6.54 Å². The molecule has 0 aliphatic rings. The van der Waals surface area contributed by atoms with Crippen molar-refractivity contribution >= 4 is 0 Å². The van der Waals surface area contributed by atoms with Crippen molar-refractivity contribution in [3.8, 4) is 0 Å². The largest absolute Gasteiger partial charge is 0.476 e. The molecule has 0 aromatic carbocycles. The number of hydrogen-bond donors (Lipinski definition) is 1. The molecule has 0 saturated heterocycles. The second kappa shape index (κ2) is 3.05. The molecule has 0 heterocycles. The van der Waals surface area contributed by atoms with Gasteiger partial charge in [0.25, 0.3) is 0 Å². The van der Waals surface area contributed by atoms with Crippen molar-refractivity contribution in [3.63, 3.8) is 0 Å². The second-order valence-electron chi connectivity index (χ2n) is 2.46. The summed E-state index contributed by atoms with van der Waals surface area (Å²) in [6, 6.07) is 0. The van der Waals surface area contributed by atoms with Crippen LogP contribution in [0.3, 0.4) is 0 Å². The van der Waals surface area contributed by atoms with Gasteiger partial charge in [-0.15, -0.1) is 0 Å². The highest BCUT2D eigenvalue weighted by Gasteiger charge is 2.15. The topological polar surface area (TPSA) is 25.8 Å². The molecular weight excluding hydrogens is 102 g/mol. The van der Waals surface area contributed by atoms with Crippen LogP contribution in [0.4, 0.5) is 0 Å². The van der Waals surface area contributed by atoms with Gasteiger partial charge in [0, 0.05) is 7.11 Å². The first-order valence-electron chi connectivity index (χ1n) is 2.78. The van der Waals surface area contributed by atoms with E-state index in [-0.39, 0.29) is 5.60 Å². The van der Waals surface area contributed by atoms with Gasteiger partial charge in [-0.2, -0.15) is 7.05 Å². The molecule has 2 nitrogen and oxygen atoms in total. The summed E-state index contributed by atoms with van der Waals surface area (Å²) < 4.78 is 5.11. The first-order chi connectivity index (χ1) is 3.62. The number of rotatable bonds is 3. The highest BCUT2D eigenvalue weighted by molar-refractivity contribution is 4.63. The van der Waals surface area contributed by atoms with Gasteiger partial charge in [0.1, 0.15) is 5.60 Å². The van der Waals surface area contributed by atoms with E-state index < -0.39 is 0 Å². The summed E-state index contributed by atoms with van der Waals surface area (Å²) in [6.07, 6.45) is 0. The zero-order valence-corrected chi connectivity index (χ0v) is 5.90. The average Bonchev–Trinajstić information content (AvgIpc) is 1.67. The van der Waals surface area contributed by atoms with Crippen molar-refractivity contribution in [1.29, 1.82) is 0 Å². The van der Waals surface area contributed by atoms with Gasteiger partial charge >= 0.3 is 0 Å².